The van der Waals surface area contributed by atoms with Gasteiger partial charge in [0, 0.05) is 17.0 Å². The van der Waals surface area contributed by atoms with E-state index in [9.17, 15) is 0 Å². The number of aromatic nitrogens is 2. The summed E-state index contributed by atoms with van der Waals surface area (Å²) < 4.78 is 5.26. The Morgan fingerprint density at radius 3 is 2.74 bits per heavy atom. The average Bonchev–Trinajstić information content (AvgIpc) is 3.26. The van der Waals surface area contributed by atoms with Crippen LogP contribution in [-0.2, 0) is 0 Å². The molecule has 1 saturated carbocycles. The molecule has 19 heavy (non-hydrogen) atoms. The van der Waals surface area contributed by atoms with Crippen LogP contribution in [0.4, 0.5) is 0 Å². The highest BCUT2D eigenvalue weighted by atomic mass is 35.5. The minimum absolute atomic E-state index is 0.488. The predicted octanol–water partition coefficient (Wildman–Crippen LogP) is 3.99. The molecule has 3 rings (SSSR count). The lowest BCUT2D eigenvalue weighted by atomic mass is 10.1. The number of halogens is 1. The number of hydrogen-bond acceptors (Lipinski definition) is 3. The molecule has 2 aromatic rings. The van der Waals surface area contributed by atoms with Crippen LogP contribution in [0.2, 0.25) is 5.15 Å². The van der Waals surface area contributed by atoms with E-state index in [1.165, 1.54) is 0 Å². The summed E-state index contributed by atoms with van der Waals surface area (Å²) in [6.07, 6.45) is 2.33. The van der Waals surface area contributed by atoms with E-state index in [-0.39, 0.29) is 0 Å². The third-order valence-electron chi connectivity index (χ3n) is 3.39. The minimum atomic E-state index is 0.488. The van der Waals surface area contributed by atoms with Gasteiger partial charge in [0.1, 0.15) is 16.7 Å². The van der Waals surface area contributed by atoms with E-state index in [0.717, 1.165) is 41.2 Å². The highest BCUT2D eigenvalue weighted by Gasteiger charge is 2.28. The fourth-order valence-corrected chi connectivity index (χ4v) is 2.26. The Hall–Kier alpha value is -1.61. The number of rotatable bonds is 3. The second-order valence-corrected chi connectivity index (χ2v) is 5.21. The largest absolute Gasteiger partial charge is 0.497 e. The van der Waals surface area contributed by atoms with Crippen molar-refractivity contribution in [2.45, 2.75) is 25.7 Å². The highest BCUT2D eigenvalue weighted by molar-refractivity contribution is 6.30. The molecule has 0 saturated heterocycles. The van der Waals surface area contributed by atoms with Gasteiger partial charge in [0.25, 0.3) is 0 Å². The van der Waals surface area contributed by atoms with Gasteiger partial charge in [0.2, 0.25) is 0 Å². The molecule has 1 aliphatic carbocycles. The van der Waals surface area contributed by atoms with Crippen molar-refractivity contribution in [1.82, 2.24) is 9.97 Å². The van der Waals surface area contributed by atoms with Crippen molar-refractivity contribution < 1.29 is 4.74 Å². The zero-order valence-corrected chi connectivity index (χ0v) is 11.7. The molecule has 4 heteroatoms. The first kappa shape index (κ1) is 12.4. The maximum atomic E-state index is 6.23. The molecular formula is C15H15ClN2O. The van der Waals surface area contributed by atoms with Crippen LogP contribution in [0.5, 0.6) is 5.75 Å². The summed E-state index contributed by atoms with van der Waals surface area (Å²) in [4.78, 5) is 9.08. The third kappa shape index (κ3) is 2.43. The van der Waals surface area contributed by atoms with Gasteiger partial charge < -0.3 is 4.74 Å². The van der Waals surface area contributed by atoms with Gasteiger partial charge in [0.15, 0.2) is 0 Å². The molecule has 0 N–H and O–H groups in total. The first-order valence-corrected chi connectivity index (χ1v) is 6.75. The summed E-state index contributed by atoms with van der Waals surface area (Å²) in [5.74, 6) is 2.18. The van der Waals surface area contributed by atoms with Crippen LogP contribution in [-0.4, -0.2) is 17.1 Å². The van der Waals surface area contributed by atoms with Crippen LogP contribution in [0.25, 0.3) is 11.3 Å². The van der Waals surface area contributed by atoms with Gasteiger partial charge in [0.05, 0.1) is 12.8 Å². The van der Waals surface area contributed by atoms with Gasteiger partial charge in [-0.05, 0) is 31.9 Å². The molecule has 0 radical (unpaired) electrons. The predicted molar refractivity (Wildman–Crippen MR) is 75.7 cm³/mol. The summed E-state index contributed by atoms with van der Waals surface area (Å²) in [5.41, 5.74) is 2.84. The molecule has 1 aromatic carbocycles. The van der Waals surface area contributed by atoms with Crippen molar-refractivity contribution in [2.75, 3.05) is 7.11 Å². The standard InChI is InChI=1S/C15H15ClN2O/c1-9-13(11-4-3-5-12(8-11)19-2)17-15(10-6-7-10)18-14(9)16/h3-5,8,10H,6-7H2,1-2H3. The second kappa shape index (κ2) is 4.82. The summed E-state index contributed by atoms with van der Waals surface area (Å²) in [5, 5.41) is 0.551. The molecule has 0 aliphatic heterocycles. The number of methoxy groups -OCH3 is 1. The lowest BCUT2D eigenvalue weighted by Gasteiger charge is -2.10. The number of nitrogens with zero attached hydrogens (tertiary/aromatic N) is 2. The molecule has 98 valence electrons. The SMILES string of the molecule is COc1cccc(-c2nc(C3CC3)nc(Cl)c2C)c1. The van der Waals surface area contributed by atoms with E-state index in [4.69, 9.17) is 16.3 Å². The molecule has 0 amide bonds. The van der Waals surface area contributed by atoms with Gasteiger partial charge in [-0.2, -0.15) is 0 Å². The molecule has 1 fully saturated rings. The first-order valence-electron chi connectivity index (χ1n) is 6.37. The topological polar surface area (TPSA) is 35.0 Å². The Morgan fingerprint density at radius 2 is 2.05 bits per heavy atom. The smallest absolute Gasteiger partial charge is 0.136 e. The monoisotopic (exact) mass is 274 g/mol. The summed E-state index contributed by atoms with van der Waals surface area (Å²) >= 11 is 6.23. The van der Waals surface area contributed by atoms with Crippen LogP contribution in [0.3, 0.4) is 0 Å². The lowest BCUT2D eigenvalue weighted by molar-refractivity contribution is 0.415. The molecule has 0 spiro atoms. The fourth-order valence-electron chi connectivity index (χ4n) is 2.08. The molecule has 0 atom stereocenters. The fraction of sp³-hybridized carbons (Fsp3) is 0.333. The van der Waals surface area contributed by atoms with E-state index >= 15 is 0 Å². The number of hydrogen-bond donors (Lipinski definition) is 0. The summed E-state index contributed by atoms with van der Waals surface area (Å²) in [6.45, 7) is 1.95. The number of ether oxygens (including phenoxy) is 1. The Kier molecular flexibility index (Phi) is 3.15. The maximum Gasteiger partial charge on any atom is 0.136 e. The molecule has 1 heterocycles. The third-order valence-corrected chi connectivity index (χ3v) is 3.76. The van der Waals surface area contributed by atoms with Gasteiger partial charge >= 0.3 is 0 Å². The zero-order chi connectivity index (χ0) is 13.4. The molecule has 1 aromatic heterocycles. The van der Waals surface area contributed by atoms with Crippen LogP contribution in [0.1, 0.15) is 30.1 Å². The molecule has 0 unspecified atom stereocenters. The normalized spacial score (nSPS) is 14.5. The van der Waals surface area contributed by atoms with Crippen molar-refractivity contribution in [3.8, 4) is 17.0 Å². The summed E-state index contributed by atoms with van der Waals surface area (Å²) in [6, 6.07) is 7.87. The van der Waals surface area contributed by atoms with Gasteiger partial charge in [-0.15, -0.1) is 0 Å². The summed E-state index contributed by atoms with van der Waals surface area (Å²) in [7, 11) is 1.66. The van der Waals surface area contributed by atoms with Crippen molar-refractivity contribution in [2.24, 2.45) is 0 Å². The Bertz CT molecular complexity index is 624. The number of benzene rings is 1. The van der Waals surface area contributed by atoms with E-state index in [2.05, 4.69) is 9.97 Å². The van der Waals surface area contributed by atoms with Crippen LogP contribution in [0.15, 0.2) is 24.3 Å². The van der Waals surface area contributed by atoms with Gasteiger partial charge in [-0.3, -0.25) is 0 Å². The molecule has 1 aliphatic rings. The highest BCUT2D eigenvalue weighted by Crippen LogP contribution is 2.40. The van der Waals surface area contributed by atoms with Crippen molar-refractivity contribution in [1.29, 1.82) is 0 Å². The maximum absolute atomic E-state index is 6.23. The molecule has 0 bridgehead atoms. The van der Waals surface area contributed by atoms with E-state index in [1.54, 1.807) is 7.11 Å². The zero-order valence-electron chi connectivity index (χ0n) is 11.0. The van der Waals surface area contributed by atoms with Crippen molar-refractivity contribution in [3.05, 3.63) is 40.8 Å². The van der Waals surface area contributed by atoms with Crippen LogP contribution in [0, 0.1) is 6.92 Å². The Morgan fingerprint density at radius 1 is 1.26 bits per heavy atom. The minimum Gasteiger partial charge on any atom is -0.497 e. The van der Waals surface area contributed by atoms with Crippen LogP contribution < -0.4 is 4.74 Å². The molecule has 3 nitrogen and oxygen atoms in total. The van der Waals surface area contributed by atoms with E-state index < -0.39 is 0 Å². The van der Waals surface area contributed by atoms with Crippen molar-refractivity contribution in [3.63, 3.8) is 0 Å². The van der Waals surface area contributed by atoms with Gasteiger partial charge in [-0.25, -0.2) is 9.97 Å². The Balaban J connectivity index is 2.11. The van der Waals surface area contributed by atoms with Gasteiger partial charge in [-0.1, -0.05) is 23.7 Å². The van der Waals surface area contributed by atoms with Crippen LogP contribution >= 0.6 is 11.6 Å². The first-order chi connectivity index (χ1) is 9.19. The van der Waals surface area contributed by atoms with E-state index in [1.807, 2.05) is 31.2 Å². The van der Waals surface area contributed by atoms with E-state index in [0.29, 0.717) is 11.1 Å². The average molecular weight is 275 g/mol. The molecular weight excluding hydrogens is 260 g/mol. The second-order valence-electron chi connectivity index (χ2n) is 4.85. The quantitative estimate of drug-likeness (QED) is 0.794. The lowest BCUT2D eigenvalue weighted by Crippen LogP contribution is -1.99. The Labute approximate surface area is 117 Å². The van der Waals surface area contributed by atoms with Crippen molar-refractivity contribution >= 4 is 11.6 Å².